The van der Waals surface area contributed by atoms with Gasteiger partial charge in [0.2, 0.25) is 5.91 Å². The quantitative estimate of drug-likeness (QED) is 0.812. The first-order valence-electron chi connectivity index (χ1n) is 9.72. The summed E-state index contributed by atoms with van der Waals surface area (Å²) in [6.07, 6.45) is 0.746. The molecule has 156 valence electrons. The van der Waals surface area contributed by atoms with Crippen LogP contribution in [0.15, 0.2) is 12.3 Å². The summed E-state index contributed by atoms with van der Waals surface area (Å²) in [6.45, 7) is 4.98. The van der Waals surface area contributed by atoms with E-state index in [1.54, 1.807) is 0 Å². The minimum atomic E-state index is -4.46. The van der Waals surface area contributed by atoms with E-state index in [0.717, 1.165) is 43.9 Å². The van der Waals surface area contributed by atoms with Crippen LogP contribution in [0, 0.1) is 5.92 Å². The predicted octanol–water partition coefficient (Wildman–Crippen LogP) is 3.57. The first-order valence-corrected chi connectivity index (χ1v) is 10.1. The summed E-state index contributed by atoms with van der Waals surface area (Å²) in [6, 6.07) is 1.19. The molecule has 0 unspecified atom stereocenters. The summed E-state index contributed by atoms with van der Waals surface area (Å²) < 4.78 is 38.2. The standard InChI is InChI=1S/C19H26ClF3N4O/c1-13-2-4-15(5-3-13)25-17(28)12-26-6-8-27(9-7-26)18-16(20)10-14(11-24-18)19(21,22)23/h10-11,13,15H,2-9,12H2,1H3,(H,25,28). The lowest BCUT2D eigenvalue weighted by Crippen LogP contribution is -2.51. The van der Waals surface area contributed by atoms with Gasteiger partial charge in [-0.25, -0.2) is 4.98 Å². The van der Waals surface area contributed by atoms with Gasteiger partial charge in [0.05, 0.1) is 17.1 Å². The van der Waals surface area contributed by atoms with Crippen molar-refractivity contribution in [3.05, 3.63) is 22.8 Å². The van der Waals surface area contributed by atoms with Crippen LogP contribution in [0.1, 0.15) is 38.2 Å². The lowest BCUT2D eigenvalue weighted by atomic mass is 9.87. The van der Waals surface area contributed by atoms with Gasteiger partial charge in [-0.3, -0.25) is 9.69 Å². The van der Waals surface area contributed by atoms with Crippen molar-refractivity contribution in [2.75, 3.05) is 37.6 Å². The highest BCUT2D eigenvalue weighted by Gasteiger charge is 2.32. The topological polar surface area (TPSA) is 48.5 Å². The van der Waals surface area contributed by atoms with Gasteiger partial charge < -0.3 is 10.2 Å². The van der Waals surface area contributed by atoms with Crippen molar-refractivity contribution in [1.82, 2.24) is 15.2 Å². The normalized spacial score (nSPS) is 24.2. The summed E-state index contributed by atoms with van der Waals surface area (Å²) >= 11 is 6.03. The number of rotatable bonds is 4. The minimum Gasteiger partial charge on any atom is -0.353 e. The largest absolute Gasteiger partial charge is 0.417 e. The second-order valence-corrected chi connectivity index (χ2v) is 8.22. The number of pyridine rings is 1. The van der Waals surface area contributed by atoms with Gasteiger partial charge in [0, 0.05) is 38.4 Å². The summed E-state index contributed by atoms with van der Waals surface area (Å²) in [5.74, 6) is 1.14. The van der Waals surface area contributed by atoms with Crippen LogP contribution in [0.2, 0.25) is 5.02 Å². The van der Waals surface area contributed by atoms with Crippen LogP contribution in [0.4, 0.5) is 19.0 Å². The molecule has 1 aromatic heterocycles. The molecule has 0 radical (unpaired) electrons. The van der Waals surface area contributed by atoms with Crippen LogP contribution < -0.4 is 10.2 Å². The third kappa shape index (κ3) is 5.50. The summed E-state index contributed by atoms with van der Waals surface area (Å²) in [5.41, 5.74) is -0.853. The first kappa shape index (κ1) is 21.2. The molecular weight excluding hydrogens is 393 g/mol. The molecule has 1 aliphatic carbocycles. The molecule has 1 saturated heterocycles. The van der Waals surface area contributed by atoms with Gasteiger partial charge in [0.25, 0.3) is 0 Å². The fraction of sp³-hybridized carbons (Fsp3) is 0.684. The molecule has 2 aliphatic rings. The molecule has 0 atom stereocenters. The molecule has 1 saturated carbocycles. The SMILES string of the molecule is CC1CCC(NC(=O)CN2CCN(c3ncc(C(F)(F)F)cc3Cl)CC2)CC1. The molecule has 1 aliphatic heterocycles. The van der Waals surface area contributed by atoms with Crippen molar-refractivity contribution in [1.29, 1.82) is 0 Å². The number of piperazine rings is 1. The van der Waals surface area contributed by atoms with Gasteiger partial charge in [0.1, 0.15) is 5.82 Å². The zero-order chi connectivity index (χ0) is 20.3. The Morgan fingerprint density at radius 2 is 1.86 bits per heavy atom. The molecule has 1 amide bonds. The molecule has 0 bridgehead atoms. The van der Waals surface area contributed by atoms with Gasteiger partial charge >= 0.3 is 6.18 Å². The molecule has 1 N–H and O–H groups in total. The van der Waals surface area contributed by atoms with Crippen LogP contribution in [-0.2, 0) is 11.0 Å². The summed E-state index contributed by atoms with van der Waals surface area (Å²) in [7, 11) is 0. The maximum Gasteiger partial charge on any atom is 0.417 e. The lowest BCUT2D eigenvalue weighted by molar-refractivity contribution is -0.137. The van der Waals surface area contributed by atoms with E-state index in [9.17, 15) is 18.0 Å². The van der Waals surface area contributed by atoms with Crippen LogP contribution in [0.25, 0.3) is 0 Å². The number of aromatic nitrogens is 1. The molecule has 2 heterocycles. The number of amides is 1. The highest BCUT2D eigenvalue weighted by Crippen LogP contribution is 2.33. The Morgan fingerprint density at radius 3 is 2.43 bits per heavy atom. The summed E-state index contributed by atoms with van der Waals surface area (Å²) in [4.78, 5) is 20.1. The number of hydrogen-bond donors (Lipinski definition) is 1. The number of carbonyl (C=O) groups excluding carboxylic acids is 1. The van der Waals surface area contributed by atoms with Gasteiger partial charge in [-0.2, -0.15) is 13.2 Å². The van der Waals surface area contributed by atoms with Crippen LogP contribution in [0.3, 0.4) is 0 Å². The van der Waals surface area contributed by atoms with E-state index < -0.39 is 11.7 Å². The van der Waals surface area contributed by atoms with Crippen molar-refractivity contribution in [3.63, 3.8) is 0 Å². The zero-order valence-corrected chi connectivity index (χ0v) is 16.7. The smallest absolute Gasteiger partial charge is 0.353 e. The zero-order valence-electron chi connectivity index (χ0n) is 15.9. The number of anilines is 1. The highest BCUT2D eigenvalue weighted by molar-refractivity contribution is 6.33. The number of halogens is 4. The van der Waals surface area contributed by atoms with Crippen molar-refractivity contribution in [2.24, 2.45) is 5.92 Å². The monoisotopic (exact) mass is 418 g/mol. The van der Waals surface area contributed by atoms with Gasteiger partial charge in [0.15, 0.2) is 0 Å². The van der Waals surface area contributed by atoms with Crippen molar-refractivity contribution in [2.45, 2.75) is 44.8 Å². The molecule has 0 spiro atoms. The number of alkyl halides is 3. The number of hydrogen-bond acceptors (Lipinski definition) is 4. The van der Waals surface area contributed by atoms with Crippen LogP contribution in [0.5, 0.6) is 0 Å². The molecule has 0 aromatic carbocycles. The molecule has 1 aromatic rings. The average molecular weight is 419 g/mol. The van der Waals surface area contributed by atoms with Crippen molar-refractivity contribution in [3.8, 4) is 0 Å². The maximum atomic E-state index is 12.7. The molecule has 28 heavy (non-hydrogen) atoms. The van der Waals surface area contributed by atoms with Gasteiger partial charge in [-0.05, 0) is 37.7 Å². The van der Waals surface area contributed by atoms with E-state index in [1.165, 1.54) is 0 Å². The van der Waals surface area contributed by atoms with E-state index in [1.807, 2.05) is 4.90 Å². The second-order valence-electron chi connectivity index (χ2n) is 7.81. The Kier molecular flexibility index (Phi) is 6.70. The van der Waals surface area contributed by atoms with Crippen molar-refractivity contribution >= 4 is 23.3 Å². The van der Waals surface area contributed by atoms with Crippen LogP contribution in [-0.4, -0.2) is 54.6 Å². The third-order valence-electron chi connectivity index (χ3n) is 5.57. The van der Waals surface area contributed by atoms with E-state index >= 15 is 0 Å². The fourth-order valence-corrected chi connectivity index (χ4v) is 4.10. The van der Waals surface area contributed by atoms with Crippen molar-refractivity contribution < 1.29 is 18.0 Å². The third-order valence-corrected chi connectivity index (χ3v) is 5.85. The van der Waals surface area contributed by atoms with Gasteiger partial charge in [-0.1, -0.05) is 18.5 Å². The van der Waals surface area contributed by atoms with Gasteiger partial charge in [-0.15, -0.1) is 0 Å². The number of carbonyl (C=O) groups is 1. The fourth-order valence-electron chi connectivity index (χ4n) is 3.82. The van der Waals surface area contributed by atoms with E-state index in [-0.39, 0.29) is 17.0 Å². The molecule has 9 heteroatoms. The Bertz CT molecular complexity index is 684. The summed E-state index contributed by atoms with van der Waals surface area (Å²) in [5, 5.41) is 3.12. The molecule has 5 nitrogen and oxygen atoms in total. The Hall–Kier alpha value is -1.54. The average Bonchev–Trinajstić information content (AvgIpc) is 2.63. The maximum absolute atomic E-state index is 12.7. The Morgan fingerprint density at radius 1 is 1.21 bits per heavy atom. The van der Waals surface area contributed by atoms with Crippen LogP contribution >= 0.6 is 11.6 Å². The number of nitrogens with zero attached hydrogens (tertiary/aromatic N) is 3. The highest BCUT2D eigenvalue weighted by atomic mass is 35.5. The number of nitrogens with one attached hydrogen (secondary N) is 1. The van der Waals surface area contributed by atoms with E-state index in [4.69, 9.17) is 11.6 Å². The minimum absolute atomic E-state index is 0.00690. The molecule has 2 fully saturated rings. The first-order chi connectivity index (χ1) is 13.2. The predicted molar refractivity (Wildman–Crippen MR) is 102 cm³/mol. The van der Waals surface area contributed by atoms with E-state index in [0.29, 0.717) is 38.5 Å². The molecular formula is C19H26ClF3N4O. The van der Waals surface area contributed by atoms with E-state index in [2.05, 4.69) is 22.1 Å². The molecule has 3 rings (SSSR count). The Labute approximate surface area is 168 Å². The Balaban J connectivity index is 1.47. The lowest BCUT2D eigenvalue weighted by Gasteiger charge is -2.36. The second kappa shape index (κ2) is 8.86.